The molecule has 0 aliphatic carbocycles. The Balaban J connectivity index is 2.44. The van der Waals surface area contributed by atoms with E-state index in [2.05, 4.69) is 10.1 Å². The average Bonchev–Trinajstić information content (AvgIpc) is 2.47. The Hall–Kier alpha value is -1.08. The van der Waals surface area contributed by atoms with Crippen LogP contribution in [0.1, 0.15) is 0 Å². The molecule has 1 aromatic heterocycles. The highest BCUT2D eigenvalue weighted by Crippen LogP contribution is 2.13. The first-order valence-corrected chi connectivity index (χ1v) is 4.55. The summed E-state index contributed by atoms with van der Waals surface area (Å²) in [6, 6.07) is -0.860. The number of nitrogens with two attached hydrogens (primary N) is 1. The molecule has 0 aromatic carbocycles. The summed E-state index contributed by atoms with van der Waals surface area (Å²) in [6.45, 7) is 0. The van der Waals surface area contributed by atoms with Gasteiger partial charge in [-0.15, -0.1) is 0 Å². The number of nitrogens with zero attached hydrogens (tertiary/aromatic N) is 3. The summed E-state index contributed by atoms with van der Waals surface area (Å²) in [5, 5.41) is 13.0. The van der Waals surface area contributed by atoms with E-state index in [-0.39, 0.29) is 0 Å². The Morgan fingerprint density at radius 2 is 2.62 bits per heavy atom. The van der Waals surface area contributed by atoms with Crippen LogP contribution in [0.25, 0.3) is 0 Å². The third-order valence-corrected chi connectivity index (χ3v) is 2.53. The van der Waals surface area contributed by atoms with Crippen LogP contribution < -0.4 is 5.73 Å². The minimum atomic E-state index is -1.00. The number of thioether (sulfide) groups is 1. The van der Waals surface area contributed by atoms with Crippen LogP contribution in [-0.4, -0.2) is 37.6 Å². The summed E-state index contributed by atoms with van der Waals surface area (Å²) in [6.07, 6.45) is 1.41. The molecule has 1 unspecified atom stereocenters. The van der Waals surface area contributed by atoms with Crippen LogP contribution in [0.5, 0.6) is 0 Å². The predicted molar refractivity (Wildman–Crippen MR) is 47.3 cm³/mol. The van der Waals surface area contributed by atoms with Crippen molar-refractivity contribution >= 4 is 17.7 Å². The Morgan fingerprint density at radius 1 is 1.92 bits per heavy atom. The highest BCUT2D eigenvalue weighted by atomic mass is 32.2. The van der Waals surface area contributed by atoms with E-state index < -0.39 is 12.0 Å². The second-order valence-electron chi connectivity index (χ2n) is 2.42. The molecule has 0 bridgehead atoms. The molecule has 0 aliphatic rings. The summed E-state index contributed by atoms with van der Waals surface area (Å²) in [5.74, 6) is -0.711. The van der Waals surface area contributed by atoms with Gasteiger partial charge in [0.1, 0.15) is 12.4 Å². The molecule has 0 radical (unpaired) electrons. The lowest BCUT2D eigenvalue weighted by Crippen LogP contribution is -2.32. The molecule has 1 rings (SSSR count). The standard InChI is InChI=1S/C6H10N4O2S/c1-10-6(8-3-9-10)13-2-4(7)5(11)12/h3-4H,2,7H2,1H3,(H,11,12). The third-order valence-electron chi connectivity index (χ3n) is 1.38. The minimum Gasteiger partial charge on any atom is -0.480 e. The fourth-order valence-corrected chi connectivity index (χ4v) is 1.48. The van der Waals surface area contributed by atoms with Crippen molar-refractivity contribution < 1.29 is 9.90 Å². The minimum absolute atomic E-state index is 0.294. The van der Waals surface area contributed by atoms with Gasteiger partial charge in [-0.2, -0.15) is 5.10 Å². The molecule has 0 aliphatic heterocycles. The van der Waals surface area contributed by atoms with Crippen LogP contribution in [0.4, 0.5) is 0 Å². The molecule has 72 valence electrons. The molecular weight excluding hydrogens is 192 g/mol. The van der Waals surface area contributed by atoms with Gasteiger partial charge in [-0.25, -0.2) is 9.67 Å². The van der Waals surface area contributed by atoms with Gasteiger partial charge in [0.15, 0.2) is 5.16 Å². The Kier molecular flexibility index (Phi) is 3.26. The summed E-state index contributed by atoms with van der Waals surface area (Å²) in [7, 11) is 1.74. The zero-order valence-electron chi connectivity index (χ0n) is 7.04. The van der Waals surface area contributed by atoms with Crippen molar-refractivity contribution in [2.24, 2.45) is 12.8 Å². The second-order valence-corrected chi connectivity index (χ2v) is 3.41. The average molecular weight is 202 g/mol. The number of carboxylic acids is 1. The van der Waals surface area contributed by atoms with Gasteiger partial charge in [0.2, 0.25) is 0 Å². The van der Waals surface area contributed by atoms with Crippen molar-refractivity contribution in [3.05, 3.63) is 6.33 Å². The topological polar surface area (TPSA) is 94.0 Å². The first-order valence-electron chi connectivity index (χ1n) is 3.56. The maximum atomic E-state index is 10.4. The van der Waals surface area contributed by atoms with Crippen LogP contribution in [0.15, 0.2) is 11.5 Å². The van der Waals surface area contributed by atoms with Gasteiger partial charge in [0, 0.05) is 12.8 Å². The lowest BCUT2D eigenvalue weighted by atomic mass is 10.4. The zero-order valence-corrected chi connectivity index (χ0v) is 7.86. The molecule has 1 heterocycles. The normalized spacial score (nSPS) is 12.8. The monoisotopic (exact) mass is 202 g/mol. The first kappa shape index (κ1) is 10.0. The van der Waals surface area contributed by atoms with E-state index in [1.807, 2.05) is 0 Å². The zero-order chi connectivity index (χ0) is 9.84. The molecular formula is C6H10N4O2S. The van der Waals surface area contributed by atoms with Gasteiger partial charge in [-0.05, 0) is 0 Å². The lowest BCUT2D eigenvalue weighted by molar-refractivity contribution is -0.137. The van der Waals surface area contributed by atoms with Gasteiger partial charge < -0.3 is 10.8 Å². The predicted octanol–water partition coefficient (Wildman–Crippen LogP) is -0.681. The smallest absolute Gasteiger partial charge is 0.321 e. The Bertz CT molecular complexity index is 301. The summed E-state index contributed by atoms with van der Waals surface area (Å²) < 4.78 is 1.57. The van der Waals surface area contributed by atoms with Crippen molar-refractivity contribution in [2.45, 2.75) is 11.2 Å². The molecule has 0 fully saturated rings. The van der Waals surface area contributed by atoms with E-state index >= 15 is 0 Å². The van der Waals surface area contributed by atoms with E-state index in [4.69, 9.17) is 10.8 Å². The quantitative estimate of drug-likeness (QED) is 0.628. The van der Waals surface area contributed by atoms with Gasteiger partial charge in [0.25, 0.3) is 0 Å². The van der Waals surface area contributed by atoms with Crippen LogP contribution >= 0.6 is 11.8 Å². The number of rotatable bonds is 4. The molecule has 7 heteroatoms. The SMILES string of the molecule is Cn1ncnc1SCC(N)C(=O)O. The largest absolute Gasteiger partial charge is 0.480 e. The number of carboxylic acid groups (broad SMARTS) is 1. The number of hydrogen-bond acceptors (Lipinski definition) is 5. The van der Waals surface area contributed by atoms with E-state index in [1.54, 1.807) is 11.7 Å². The first-order chi connectivity index (χ1) is 6.11. The molecule has 0 amide bonds. The highest BCUT2D eigenvalue weighted by Gasteiger charge is 2.12. The van der Waals surface area contributed by atoms with Gasteiger partial charge in [-0.3, -0.25) is 4.79 Å². The van der Waals surface area contributed by atoms with E-state index in [1.165, 1.54) is 18.1 Å². The van der Waals surface area contributed by atoms with Gasteiger partial charge in [-0.1, -0.05) is 11.8 Å². The van der Waals surface area contributed by atoms with E-state index in [0.29, 0.717) is 10.9 Å². The summed E-state index contributed by atoms with van der Waals surface area (Å²) in [5.41, 5.74) is 5.31. The molecule has 1 atom stereocenters. The fraction of sp³-hybridized carbons (Fsp3) is 0.500. The molecule has 0 spiro atoms. The molecule has 6 nitrogen and oxygen atoms in total. The van der Waals surface area contributed by atoms with Gasteiger partial charge in [0.05, 0.1) is 0 Å². The maximum Gasteiger partial charge on any atom is 0.321 e. The van der Waals surface area contributed by atoms with Crippen molar-refractivity contribution in [1.29, 1.82) is 0 Å². The number of aromatic nitrogens is 3. The number of hydrogen-bond donors (Lipinski definition) is 2. The van der Waals surface area contributed by atoms with Crippen LogP contribution in [0, 0.1) is 0 Å². The fourth-order valence-electron chi connectivity index (χ4n) is 0.652. The van der Waals surface area contributed by atoms with Crippen molar-refractivity contribution in [1.82, 2.24) is 14.8 Å². The Morgan fingerprint density at radius 3 is 3.08 bits per heavy atom. The van der Waals surface area contributed by atoms with Crippen LogP contribution in [0.3, 0.4) is 0 Å². The lowest BCUT2D eigenvalue weighted by Gasteiger charge is -2.04. The van der Waals surface area contributed by atoms with Crippen molar-refractivity contribution in [2.75, 3.05) is 5.75 Å². The second kappa shape index (κ2) is 4.24. The molecule has 3 N–H and O–H groups in total. The van der Waals surface area contributed by atoms with Crippen LogP contribution in [0.2, 0.25) is 0 Å². The highest BCUT2D eigenvalue weighted by molar-refractivity contribution is 7.99. The van der Waals surface area contributed by atoms with Crippen molar-refractivity contribution in [3.8, 4) is 0 Å². The third kappa shape index (κ3) is 2.71. The van der Waals surface area contributed by atoms with Gasteiger partial charge >= 0.3 is 5.97 Å². The number of aliphatic carboxylic acids is 1. The maximum absolute atomic E-state index is 10.4. The molecule has 0 saturated carbocycles. The van der Waals surface area contributed by atoms with Crippen molar-refractivity contribution in [3.63, 3.8) is 0 Å². The number of aryl methyl sites for hydroxylation is 1. The summed E-state index contributed by atoms with van der Waals surface area (Å²) >= 11 is 1.27. The molecule has 13 heavy (non-hydrogen) atoms. The summed E-state index contributed by atoms with van der Waals surface area (Å²) in [4.78, 5) is 14.3. The number of carbonyl (C=O) groups is 1. The molecule has 0 saturated heterocycles. The Labute approximate surface area is 79.1 Å². The van der Waals surface area contributed by atoms with E-state index in [9.17, 15) is 4.79 Å². The molecule has 1 aromatic rings. The van der Waals surface area contributed by atoms with Crippen LogP contribution in [-0.2, 0) is 11.8 Å². The van der Waals surface area contributed by atoms with E-state index in [0.717, 1.165) is 0 Å².